The highest BCUT2D eigenvalue weighted by Gasteiger charge is 2.33. The minimum absolute atomic E-state index is 0.774. The molecule has 2 rings (SSSR count). The maximum atomic E-state index is 3.72. The molecular weight excluding hydrogens is 184 g/mol. The predicted octanol–water partition coefficient (Wildman–Crippen LogP) is 2.25. The van der Waals surface area contributed by atoms with Crippen LogP contribution in [-0.2, 0) is 0 Å². The molecule has 88 valence electrons. The normalized spacial score (nSPS) is 24.2. The summed E-state index contributed by atoms with van der Waals surface area (Å²) in [4.78, 5) is 2.59. The van der Waals surface area contributed by atoms with Crippen LogP contribution in [0.1, 0.15) is 45.4 Å². The van der Waals surface area contributed by atoms with Crippen LogP contribution in [0.25, 0.3) is 0 Å². The van der Waals surface area contributed by atoms with Gasteiger partial charge < -0.3 is 10.2 Å². The second kappa shape index (κ2) is 5.31. The molecule has 0 aromatic carbocycles. The van der Waals surface area contributed by atoms with Crippen LogP contribution in [0.3, 0.4) is 0 Å². The molecule has 0 bridgehead atoms. The first-order valence-corrected chi connectivity index (χ1v) is 6.75. The van der Waals surface area contributed by atoms with Crippen molar-refractivity contribution in [2.45, 2.75) is 57.5 Å². The van der Waals surface area contributed by atoms with Gasteiger partial charge in [-0.25, -0.2) is 0 Å². The minimum atomic E-state index is 0.774. The van der Waals surface area contributed by atoms with Gasteiger partial charge in [0.1, 0.15) is 0 Å². The molecular formula is C13H26N2. The zero-order chi connectivity index (χ0) is 10.7. The molecule has 1 unspecified atom stereocenters. The third-order valence-corrected chi connectivity index (χ3v) is 4.03. The van der Waals surface area contributed by atoms with E-state index >= 15 is 0 Å². The minimum Gasteiger partial charge on any atom is -0.312 e. The average molecular weight is 210 g/mol. The number of hydrogen-bond acceptors (Lipinski definition) is 2. The van der Waals surface area contributed by atoms with Crippen molar-refractivity contribution in [3.8, 4) is 0 Å². The number of hydrogen-bond donors (Lipinski definition) is 1. The van der Waals surface area contributed by atoms with E-state index in [-0.39, 0.29) is 0 Å². The van der Waals surface area contributed by atoms with Gasteiger partial charge in [-0.05, 0) is 51.6 Å². The van der Waals surface area contributed by atoms with Crippen LogP contribution in [0, 0.1) is 5.92 Å². The van der Waals surface area contributed by atoms with Crippen LogP contribution in [0.4, 0.5) is 0 Å². The molecule has 2 heteroatoms. The van der Waals surface area contributed by atoms with Crippen molar-refractivity contribution in [1.29, 1.82) is 0 Å². The van der Waals surface area contributed by atoms with Crippen molar-refractivity contribution < 1.29 is 0 Å². The Balaban J connectivity index is 1.72. The van der Waals surface area contributed by atoms with E-state index in [1.165, 1.54) is 51.6 Å². The van der Waals surface area contributed by atoms with E-state index in [1.54, 1.807) is 0 Å². The summed E-state index contributed by atoms with van der Waals surface area (Å²) in [6.45, 7) is 4.72. The molecule has 2 fully saturated rings. The van der Waals surface area contributed by atoms with Crippen molar-refractivity contribution in [2.75, 3.05) is 20.1 Å². The molecule has 2 nitrogen and oxygen atoms in total. The molecule has 2 aliphatic rings. The molecule has 0 radical (unpaired) electrons. The number of rotatable bonds is 7. The largest absolute Gasteiger partial charge is 0.312 e. The lowest BCUT2D eigenvalue weighted by molar-refractivity contribution is 0.140. The molecule has 1 atom stereocenters. The van der Waals surface area contributed by atoms with Gasteiger partial charge in [-0.1, -0.05) is 13.3 Å². The first-order chi connectivity index (χ1) is 7.31. The Morgan fingerprint density at radius 3 is 2.47 bits per heavy atom. The zero-order valence-corrected chi connectivity index (χ0v) is 10.3. The number of nitrogens with one attached hydrogen (secondary N) is 1. The average Bonchev–Trinajstić information content (AvgIpc) is 2.92. The summed E-state index contributed by atoms with van der Waals surface area (Å²) in [6.07, 6.45) is 8.49. The fourth-order valence-electron chi connectivity index (χ4n) is 2.50. The Hall–Kier alpha value is -0.0800. The molecule has 0 spiro atoms. The summed E-state index contributed by atoms with van der Waals surface area (Å²) >= 11 is 0. The molecule has 0 saturated heterocycles. The van der Waals surface area contributed by atoms with E-state index in [1.807, 2.05) is 0 Å². The van der Waals surface area contributed by atoms with Gasteiger partial charge in [-0.3, -0.25) is 0 Å². The molecule has 1 N–H and O–H groups in total. The van der Waals surface area contributed by atoms with Crippen molar-refractivity contribution in [3.63, 3.8) is 0 Å². The van der Waals surface area contributed by atoms with Crippen LogP contribution in [0.5, 0.6) is 0 Å². The van der Waals surface area contributed by atoms with E-state index in [0.29, 0.717) is 0 Å². The second-order valence-electron chi connectivity index (χ2n) is 5.42. The molecule has 2 aliphatic carbocycles. The Bertz CT molecular complexity index is 185. The summed E-state index contributed by atoms with van der Waals surface area (Å²) in [7, 11) is 2.31. The fraction of sp³-hybridized carbons (Fsp3) is 1.00. The van der Waals surface area contributed by atoms with E-state index in [4.69, 9.17) is 0 Å². The first-order valence-electron chi connectivity index (χ1n) is 6.75. The first kappa shape index (κ1) is 11.4. The third kappa shape index (κ3) is 3.18. The van der Waals surface area contributed by atoms with Gasteiger partial charge >= 0.3 is 0 Å². The van der Waals surface area contributed by atoms with Gasteiger partial charge in [0.05, 0.1) is 0 Å². The van der Waals surface area contributed by atoms with Crippen molar-refractivity contribution in [2.24, 2.45) is 5.92 Å². The molecule has 0 aromatic rings. The highest BCUT2D eigenvalue weighted by atomic mass is 15.2. The monoisotopic (exact) mass is 210 g/mol. The Morgan fingerprint density at radius 1 is 1.27 bits per heavy atom. The van der Waals surface area contributed by atoms with E-state index in [2.05, 4.69) is 24.2 Å². The topological polar surface area (TPSA) is 15.3 Å². The van der Waals surface area contributed by atoms with Gasteiger partial charge in [0.2, 0.25) is 0 Å². The third-order valence-electron chi connectivity index (χ3n) is 4.03. The SMILES string of the molecule is CCCNC(CN(C)C1CCC1)C1CC1. The van der Waals surface area contributed by atoms with E-state index in [0.717, 1.165) is 18.0 Å². The predicted molar refractivity (Wildman–Crippen MR) is 65.1 cm³/mol. The van der Waals surface area contributed by atoms with Crippen LogP contribution >= 0.6 is 0 Å². The van der Waals surface area contributed by atoms with Crippen LogP contribution < -0.4 is 5.32 Å². The molecule has 0 amide bonds. The summed E-state index contributed by atoms with van der Waals surface area (Å²) in [5.74, 6) is 0.985. The molecule has 0 aliphatic heterocycles. The molecule has 0 aromatic heterocycles. The Morgan fingerprint density at radius 2 is 2.00 bits per heavy atom. The lowest BCUT2D eigenvalue weighted by Crippen LogP contribution is -2.47. The quantitative estimate of drug-likeness (QED) is 0.693. The summed E-state index contributed by atoms with van der Waals surface area (Å²) in [5, 5.41) is 3.72. The van der Waals surface area contributed by atoms with Crippen molar-refractivity contribution in [3.05, 3.63) is 0 Å². The Kier molecular flexibility index (Phi) is 4.04. The van der Waals surface area contributed by atoms with Crippen LogP contribution in [0.2, 0.25) is 0 Å². The van der Waals surface area contributed by atoms with Crippen LogP contribution in [-0.4, -0.2) is 37.1 Å². The zero-order valence-electron chi connectivity index (χ0n) is 10.3. The number of nitrogens with zero attached hydrogens (tertiary/aromatic N) is 1. The smallest absolute Gasteiger partial charge is 0.0223 e. The lowest BCUT2D eigenvalue weighted by atomic mass is 9.91. The Labute approximate surface area is 94.4 Å². The van der Waals surface area contributed by atoms with Crippen molar-refractivity contribution in [1.82, 2.24) is 10.2 Å². The highest BCUT2D eigenvalue weighted by molar-refractivity contribution is 4.90. The standard InChI is InChI=1S/C13H26N2/c1-3-9-14-13(11-7-8-11)10-15(2)12-5-4-6-12/h11-14H,3-10H2,1-2H3. The summed E-state index contributed by atoms with van der Waals surface area (Å²) in [5.41, 5.74) is 0. The maximum absolute atomic E-state index is 3.72. The second-order valence-corrected chi connectivity index (χ2v) is 5.42. The van der Waals surface area contributed by atoms with Gasteiger partial charge in [0, 0.05) is 18.6 Å². The van der Waals surface area contributed by atoms with Crippen LogP contribution in [0.15, 0.2) is 0 Å². The van der Waals surface area contributed by atoms with Gasteiger partial charge in [-0.2, -0.15) is 0 Å². The van der Waals surface area contributed by atoms with Gasteiger partial charge in [-0.15, -0.1) is 0 Å². The van der Waals surface area contributed by atoms with Gasteiger partial charge in [0.25, 0.3) is 0 Å². The highest BCUT2D eigenvalue weighted by Crippen LogP contribution is 2.34. The summed E-state index contributed by atoms with van der Waals surface area (Å²) in [6, 6.07) is 1.67. The lowest BCUT2D eigenvalue weighted by Gasteiger charge is -2.37. The van der Waals surface area contributed by atoms with E-state index in [9.17, 15) is 0 Å². The number of likely N-dealkylation sites (N-methyl/N-ethyl adjacent to an activating group) is 1. The van der Waals surface area contributed by atoms with E-state index < -0.39 is 0 Å². The molecule has 15 heavy (non-hydrogen) atoms. The molecule has 0 heterocycles. The molecule has 2 saturated carbocycles. The van der Waals surface area contributed by atoms with Crippen molar-refractivity contribution >= 4 is 0 Å². The maximum Gasteiger partial charge on any atom is 0.0223 e. The summed E-state index contributed by atoms with van der Waals surface area (Å²) < 4.78 is 0. The fourth-order valence-corrected chi connectivity index (χ4v) is 2.50. The van der Waals surface area contributed by atoms with Gasteiger partial charge in [0.15, 0.2) is 0 Å².